The number of anilines is 1. The number of rotatable bonds is 4. The predicted molar refractivity (Wildman–Crippen MR) is 83.1 cm³/mol. The van der Waals surface area contributed by atoms with Crippen LogP contribution >= 0.6 is 11.6 Å². The van der Waals surface area contributed by atoms with Crippen LogP contribution in [-0.2, 0) is 16.4 Å². The molecule has 0 fully saturated rings. The molecule has 20 heavy (non-hydrogen) atoms. The van der Waals surface area contributed by atoms with Crippen molar-refractivity contribution in [3.63, 3.8) is 0 Å². The van der Waals surface area contributed by atoms with Crippen LogP contribution in [0.1, 0.15) is 11.1 Å². The Hall–Kier alpha value is -1.52. The lowest BCUT2D eigenvalue weighted by molar-refractivity contribution is 0.602. The molecule has 106 valence electrons. The molecular weight excluding hydrogens is 294 g/mol. The maximum atomic E-state index is 11.6. The minimum atomic E-state index is -3.20. The number of hydrogen-bond donors (Lipinski definition) is 1. The van der Waals surface area contributed by atoms with Crippen LogP contribution in [0.15, 0.2) is 47.4 Å². The van der Waals surface area contributed by atoms with Gasteiger partial charge in [0.2, 0.25) is 0 Å². The molecule has 0 spiro atoms. The summed E-state index contributed by atoms with van der Waals surface area (Å²) in [6.07, 6.45) is 1.20. The lowest BCUT2D eigenvalue weighted by Crippen LogP contribution is -2.04. The van der Waals surface area contributed by atoms with Crippen molar-refractivity contribution in [2.45, 2.75) is 18.4 Å². The number of sulfone groups is 1. The first kappa shape index (κ1) is 14.9. The zero-order valence-electron chi connectivity index (χ0n) is 11.4. The topological polar surface area (TPSA) is 46.2 Å². The lowest BCUT2D eigenvalue weighted by Gasteiger charge is -2.12. The van der Waals surface area contributed by atoms with E-state index in [-0.39, 0.29) is 0 Å². The molecule has 0 heterocycles. The van der Waals surface area contributed by atoms with Crippen molar-refractivity contribution in [3.05, 3.63) is 58.6 Å². The average molecular weight is 310 g/mol. The second-order valence-corrected chi connectivity index (χ2v) is 7.12. The summed E-state index contributed by atoms with van der Waals surface area (Å²) in [6, 6.07) is 12.6. The molecule has 0 aromatic heterocycles. The summed E-state index contributed by atoms with van der Waals surface area (Å²) in [5.41, 5.74) is 2.76. The second-order valence-electron chi connectivity index (χ2n) is 4.69. The van der Waals surface area contributed by atoms with Crippen LogP contribution in [0.4, 0.5) is 5.69 Å². The van der Waals surface area contributed by atoms with Crippen LogP contribution in [-0.4, -0.2) is 14.7 Å². The van der Waals surface area contributed by atoms with Gasteiger partial charge in [-0.05, 0) is 36.2 Å². The molecule has 2 aromatic rings. The molecule has 0 amide bonds. The Kier molecular flexibility index (Phi) is 4.35. The van der Waals surface area contributed by atoms with Gasteiger partial charge in [0.25, 0.3) is 0 Å². The Balaban J connectivity index is 2.24. The largest absolute Gasteiger partial charge is 0.381 e. The maximum Gasteiger partial charge on any atom is 0.175 e. The van der Waals surface area contributed by atoms with E-state index in [2.05, 4.69) is 5.32 Å². The third-order valence-electron chi connectivity index (χ3n) is 3.06. The molecule has 2 rings (SSSR count). The van der Waals surface area contributed by atoms with E-state index in [0.717, 1.165) is 16.8 Å². The smallest absolute Gasteiger partial charge is 0.175 e. The normalized spacial score (nSPS) is 11.3. The van der Waals surface area contributed by atoms with Gasteiger partial charge in [0.15, 0.2) is 9.84 Å². The molecule has 0 aliphatic carbocycles. The Bertz CT molecular complexity index is 726. The highest BCUT2D eigenvalue weighted by Gasteiger charge is 2.09. The van der Waals surface area contributed by atoms with Gasteiger partial charge < -0.3 is 5.32 Å². The third kappa shape index (κ3) is 3.52. The molecule has 2 aromatic carbocycles. The molecule has 0 atom stereocenters. The van der Waals surface area contributed by atoms with Crippen LogP contribution < -0.4 is 5.32 Å². The Morgan fingerprint density at radius 1 is 1.15 bits per heavy atom. The first-order valence-corrected chi connectivity index (χ1v) is 8.43. The highest BCUT2D eigenvalue weighted by molar-refractivity contribution is 7.90. The number of hydrogen-bond acceptors (Lipinski definition) is 3. The third-order valence-corrected chi connectivity index (χ3v) is 4.54. The molecule has 3 nitrogen and oxygen atoms in total. The van der Waals surface area contributed by atoms with Gasteiger partial charge >= 0.3 is 0 Å². The van der Waals surface area contributed by atoms with E-state index in [1.165, 1.54) is 6.26 Å². The van der Waals surface area contributed by atoms with Crippen molar-refractivity contribution in [3.8, 4) is 0 Å². The van der Waals surface area contributed by atoms with Crippen molar-refractivity contribution < 1.29 is 8.42 Å². The van der Waals surface area contributed by atoms with Gasteiger partial charge in [-0.2, -0.15) is 0 Å². The van der Waals surface area contributed by atoms with Crippen LogP contribution in [0.25, 0.3) is 0 Å². The van der Waals surface area contributed by atoms with Crippen LogP contribution in [0.5, 0.6) is 0 Å². The molecule has 0 aliphatic heterocycles. The predicted octanol–water partition coefficient (Wildman–Crippen LogP) is 3.66. The maximum absolute atomic E-state index is 11.6. The molecule has 0 bridgehead atoms. The van der Waals surface area contributed by atoms with Gasteiger partial charge in [0, 0.05) is 23.5 Å². The minimum Gasteiger partial charge on any atom is -0.381 e. The molecule has 1 N–H and O–H groups in total. The molecule has 0 aliphatic rings. The number of benzene rings is 2. The number of nitrogens with one attached hydrogen (secondary N) is 1. The quantitative estimate of drug-likeness (QED) is 0.937. The minimum absolute atomic E-state index is 0.310. The van der Waals surface area contributed by atoms with Crippen molar-refractivity contribution in [2.75, 3.05) is 11.6 Å². The van der Waals surface area contributed by atoms with Crippen LogP contribution in [0.2, 0.25) is 5.02 Å². The first-order valence-electron chi connectivity index (χ1n) is 6.16. The summed E-state index contributed by atoms with van der Waals surface area (Å²) in [5.74, 6) is 0. The standard InChI is InChI=1S/C15H16ClNO2S/c1-11-7-8-13(20(2,18)19)9-15(11)17-10-12-5-3-4-6-14(12)16/h3-9,17H,10H2,1-2H3. The second kappa shape index (κ2) is 5.85. The monoisotopic (exact) mass is 309 g/mol. The van der Waals surface area contributed by atoms with E-state index in [4.69, 9.17) is 11.6 Å². The Morgan fingerprint density at radius 3 is 2.50 bits per heavy atom. The van der Waals surface area contributed by atoms with E-state index < -0.39 is 9.84 Å². The van der Waals surface area contributed by atoms with E-state index in [0.29, 0.717) is 16.5 Å². The Labute approximate surface area is 124 Å². The van der Waals surface area contributed by atoms with Gasteiger partial charge in [0.05, 0.1) is 4.90 Å². The SMILES string of the molecule is Cc1ccc(S(C)(=O)=O)cc1NCc1ccccc1Cl. The summed E-state index contributed by atoms with van der Waals surface area (Å²) in [6.45, 7) is 2.48. The fourth-order valence-corrected chi connectivity index (χ4v) is 2.70. The lowest BCUT2D eigenvalue weighted by atomic mass is 10.2. The number of aryl methyl sites for hydroxylation is 1. The molecule has 0 saturated carbocycles. The molecule has 0 unspecified atom stereocenters. The zero-order chi connectivity index (χ0) is 14.8. The summed E-state index contributed by atoms with van der Waals surface area (Å²) in [4.78, 5) is 0.310. The van der Waals surface area contributed by atoms with Crippen molar-refractivity contribution >= 4 is 27.1 Å². The molecular formula is C15H16ClNO2S. The summed E-state index contributed by atoms with van der Waals surface area (Å²) < 4.78 is 23.2. The van der Waals surface area contributed by atoms with Gasteiger partial charge in [0.1, 0.15) is 0 Å². The highest BCUT2D eigenvalue weighted by Crippen LogP contribution is 2.22. The molecule has 0 saturated heterocycles. The summed E-state index contributed by atoms with van der Waals surface area (Å²) in [7, 11) is -3.20. The van der Waals surface area contributed by atoms with Gasteiger partial charge in [-0.3, -0.25) is 0 Å². The van der Waals surface area contributed by atoms with Crippen molar-refractivity contribution in [1.82, 2.24) is 0 Å². The highest BCUT2D eigenvalue weighted by atomic mass is 35.5. The number of halogens is 1. The van der Waals surface area contributed by atoms with Crippen molar-refractivity contribution in [1.29, 1.82) is 0 Å². The van der Waals surface area contributed by atoms with E-state index in [1.807, 2.05) is 31.2 Å². The Morgan fingerprint density at radius 2 is 1.85 bits per heavy atom. The van der Waals surface area contributed by atoms with Gasteiger partial charge in [-0.1, -0.05) is 35.9 Å². The summed E-state index contributed by atoms with van der Waals surface area (Å²) >= 11 is 6.10. The van der Waals surface area contributed by atoms with Crippen LogP contribution in [0.3, 0.4) is 0 Å². The fourth-order valence-electron chi connectivity index (χ4n) is 1.85. The van der Waals surface area contributed by atoms with Gasteiger partial charge in [-0.15, -0.1) is 0 Å². The summed E-state index contributed by atoms with van der Waals surface area (Å²) in [5, 5.41) is 3.93. The van der Waals surface area contributed by atoms with E-state index >= 15 is 0 Å². The first-order chi connectivity index (χ1) is 9.38. The molecule has 0 radical (unpaired) electrons. The van der Waals surface area contributed by atoms with Crippen molar-refractivity contribution in [2.24, 2.45) is 0 Å². The van der Waals surface area contributed by atoms with E-state index in [9.17, 15) is 8.42 Å². The average Bonchev–Trinajstić information content (AvgIpc) is 2.38. The fraction of sp³-hybridized carbons (Fsp3) is 0.200. The van der Waals surface area contributed by atoms with Gasteiger partial charge in [-0.25, -0.2) is 8.42 Å². The molecule has 5 heteroatoms. The van der Waals surface area contributed by atoms with E-state index in [1.54, 1.807) is 18.2 Å². The van der Waals surface area contributed by atoms with Crippen LogP contribution in [0, 0.1) is 6.92 Å². The zero-order valence-corrected chi connectivity index (χ0v) is 12.9.